The van der Waals surface area contributed by atoms with Crippen LogP contribution in [0.1, 0.15) is 18.4 Å². The van der Waals surface area contributed by atoms with Crippen molar-refractivity contribution >= 4 is 23.1 Å². The van der Waals surface area contributed by atoms with Crippen LogP contribution in [0.4, 0.5) is 14.5 Å². The molecule has 8 heteroatoms. The third-order valence-electron chi connectivity index (χ3n) is 6.18. The number of carbonyl (C=O) groups is 2. The molecule has 1 saturated heterocycles. The van der Waals surface area contributed by atoms with Gasteiger partial charge in [-0.3, -0.25) is 9.59 Å². The molecule has 0 aromatic heterocycles. The van der Waals surface area contributed by atoms with E-state index in [4.69, 9.17) is 4.74 Å². The van der Waals surface area contributed by atoms with Crippen molar-refractivity contribution in [2.75, 3.05) is 39.2 Å². The Balaban J connectivity index is 1.81. The van der Waals surface area contributed by atoms with E-state index in [0.29, 0.717) is 11.3 Å². The van der Waals surface area contributed by atoms with Crippen molar-refractivity contribution in [3.05, 3.63) is 65.4 Å². The van der Waals surface area contributed by atoms with Crippen LogP contribution >= 0.6 is 0 Å². The summed E-state index contributed by atoms with van der Waals surface area (Å²) in [6, 6.07) is 9.54. The van der Waals surface area contributed by atoms with E-state index in [0.717, 1.165) is 49.0 Å². The first-order valence-corrected chi connectivity index (χ1v) is 10.5. The molecule has 2 heterocycles. The first-order chi connectivity index (χ1) is 15.3. The predicted molar refractivity (Wildman–Crippen MR) is 117 cm³/mol. The number of ether oxygens (including phenoxy) is 1. The van der Waals surface area contributed by atoms with Gasteiger partial charge in [-0.15, -0.1) is 0 Å². The first kappa shape index (κ1) is 22.0. The Morgan fingerprint density at radius 3 is 2.28 bits per heavy atom. The number of nitrogens with zero attached hydrogens (tertiary/aromatic N) is 3. The number of halogens is 2. The van der Waals surface area contributed by atoms with Gasteiger partial charge >= 0.3 is 0 Å². The Morgan fingerprint density at radius 2 is 1.66 bits per heavy atom. The molecule has 6 nitrogen and oxygen atoms in total. The summed E-state index contributed by atoms with van der Waals surface area (Å²) in [6.45, 7) is 1.73. The quantitative estimate of drug-likeness (QED) is 0.667. The molecule has 2 aliphatic heterocycles. The summed E-state index contributed by atoms with van der Waals surface area (Å²) in [5.74, 6) is -2.31. The van der Waals surface area contributed by atoms with E-state index in [2.05, 4.69) is 4.90 Å². The van der Waals surface area contributed by atoms with Gasteiger partial charge in [-0.25, -0.2) is 13.7 Å². The molecule has 32 heavy (non-hydrogen) atoms. The highest BCUT2D eigenvalue weighted by atomic mass is 19.1. The van der Waals surface area contributed by atoms with Gasteiger partial charge in [0.25, 0.3) is 11.8 Å². The fraction of sp³-hybridized carbons (Fsp3) is 0.333. The van der Waals surface area contributed by atoms with Crippen molar-refractivity contribution in [3.8, 4) is 5.75 Å². The molecule has 2 aromatic rings. The zero-order chi connectivity index (χ0) is 23.0. The number of likely N-dealkylation sites (tertiary alicyclic amines) is 1. The topological polar surface area (TPSA) is 53.1 Å². The van der Waals surface area contributed by atoms with Gasteiger partial charge in [0.1, 0.15) is 23.1 Å². The number of rotatable bonds is 5. The van der Waals surface area contributed by atoms with Crippen LogP contribution in [0, 0.1) is 11.6 Å². The van der Waals surface area contributed by atoms with Crippen molar-refractivity contribution in [3.63, 3.8) is 0 Å². The van der Waals surface area contributed by atoms with Gasteiger partial charge in [-0.1, -0.05) is 12.1 Å². The smallest absolute Gasteiger partial charge is 0.282 e. The number of benzene rings is 2. The Morgan fingerprint density at radius 1 is 1.00 bits per heavy atom. The number of anilines is 1. The number of hydrogen-bond acceptors (Lipinski definition) is 5. The number of carbonyl (C=O) groups excluding carboxylic acids is 2. The number of methoxy groups -OCH3 is 1. The standard InChI is InChI=1S/C24H25F2N3O3/c1-27-12-10-17(11-13-27)28(2)22-21(15-4-7-18(32-3)8-5-15)23(30)29(24(22)31)20-14-16(25)6-9-19(20)26/h4-9,14,17H,10-13H2,1-3H3. The number of amides is 2. The molecule has 1 fully saturated rings. The van der Waals surface area contributed by atoms with Crippen LogP contribution in [0.2, 0.25) is 0 Å². The number of piperidine rings is 1. The van der Waals surface area contributed by atoms with E-state index in [1.54, 1.807) is 31.3 Å². The van der Waals surface area contributed by atoms with Crippen LogP contribution in [0.3, 0.4) is 0 Å². The molecule has 0 spiro atoms. The molecular formula is C24H25F2N3O3. The Kier molecular flexibility index (Phi) is 5.97. The number of likely N-dealkylation sites (N-methyl/N-ethyl adjacent to an activating group) is 1. The SMILES string of the molecule is COc1ccc(C2=C(N(C)C3CCN(C)CC3)C(=O)N(c3cc(F)ccc3F)C2=O)cc1. The normalized spacial score (nSPS) is 18.0. The Labute approximate surface area is 185 Å². The van der Waals surface area contributed by atoms with E-state index >= 15 is 0 Å². The van der Waals surface area contributed by atoms with Crippen molar-refractivity contribution < 1.29 is 23.1 Å². The maximum absolute atomic E-state index is 14.6. The molecule has 0 saturated carbocycles. The van der Waals surface area contributed by atoms with Gasteiger partial charge in [-0.05, 0) is 62.8 Å². The molecule has 0 atom stereocenters. The molecule has 168 valence electrons. The van der Waals surface area contributed by atoms with Crippen molar-refractivity contribution in [1.82, 2.24) is 9.80 Å². The van der Waals surface area contributed by atoms with Crippen molar-refractivity contribution in [2.45, 2.75) is 18.9 Å². The lowest BCUT2D eigenvalue weighted by Gasteiger charge is -2.36. The lowest BCUT2D eigenvalue weighted by Crippen LogP contribution is -2.43. The van der Waals surface area contributed by atoms with E-state index in [-0.39, 0.29) is 17.3 Å². The minimum Gasteiger partial charge on any atom is -0.497 e. The maximum atomic E-state index is 14.6. The fourth-order valence-corrected chi connectivity index (χ4v) is 4.30. The second-order valence-electron chi connectivity index (χ2n) is 8.14. The van der Waals surface area contributed by atoms with Crippen LogP contribution < -0.4 is 9.64 Å². The molecule has 0 radical (unpaired) electrons. The molecule has 0 bridgehead atoms. The summed E-state index contributed by atoms with van der Waals surface area (Å²) in [5, 5.41) is 0. The van der Waals surface area contributed by atoms with Crippen LogP contribution in [0.5, 0.6) is 5.75 Å². The van der Waals surface area contributed by atoms with Crippen LogP contribution in [-0.2, 0) is 9.59 Å². The Hall–Kier alpha value is -3.26. The molecular weight excluding hydrogens is 416 g/mol. The molecule has 2 aromatic carbocycles. The number of imide groups is 1. The van der Waals surface area contributed by atoms with Gasteiger partial charge in [0, 0.05) is 19.2 Å². The summed E-state index contributed by atoms with van der Waals surface area (Å²) in [6.07, 6.45) is 1.64. The highest BCUT2D eigenvalue weighted by Crippen LogP contribution is 2.37. The average molecular weight is 441 g/mol. The monoisotopic (exact) mass is 441 g/mol. The summed E-state index contributed by atoms with van der Waals surface area (Å²) in [7, 11) is 5.36. The lowest BCUT2D eigenvalue weighted by molar-refractivity contribution is -0.120. The van der Waals surface area contributed by atoms with Gasteiger partial charge in [0.15, 0.2) is 0 Å². The second kappa shape index (κ2) is 8.70. The van der Waals surface area contributed by atoms with Gasteiger partial charge in [-0.2, -0.15) is 0 Å². The minimum absolute atomic E-state index is 0.0449. The summed E-state index contributed by atoms with van der Waals surface area (Å²) in [5.41, 5.74) is 0.483. The highest BCUT2D eigenvalue weighted by Gasteiger charge is 2.44. The van der Waals surface area contributed by atoms with E-state index in [1.807, 2.05) is 11.9 Å². The highest BCUT2D eigenvalue weighted by molar-refractivity contribution is 6.45. The molecule has 2 amide bonds. The Bertz CT molecular complexity index is 1080. The van der Waals surface area contributed by atoms with E-state index in [9.17, 15) is 18.4 Å². The summed E-state index contributed by atoms with van der Waals surface area (Å²) >= 11 is 0. The maximum Gasteiger partial charge on any atom is 0.282 e. The molecule has 2 aliphatic rings. The molecule has 0 unspecified atom stereocenters. The molecule has 0 aliphatic carbocycles. The third-order valence-corrected chi connectivity index (χ3v) is 6.18. The van der Waals surface area contributed by atoms with E-state index in [1.165, 1.54) is 7.11 Å². The molecule has 0 N–H and O–H groups in total. The summed E-state index contributed by atoms with van der Waals surface area (Å²) < 4.78 is 33.6. The lowest BCUT2D eigenvalue weighted by atomic mass is 10.00. The van der Waals surface area contributed by atoms with Crippen molar-refractivity contribution in [1.29, 1.82) is 0 Å². The average Bonchev–Trinajstić information content (AvgIpc) is 3.05. The fourth-order valence-electron chi connectivity index (χ4n) is 4.30. The van der Waals surface area contributed by atoms with E-state index < -0.39 is 29.1 Å². The minimum atomic E-state index is -0.842. The van der Waals surface area contributed by atoms with Gasteiger partial charge in [0.2, 0.25) is 0 Å². The predicted octanol–water partition coefficient (Wildman–Crippen LogP) is 3.28. The molecule has 4 rings (SSSR count). The van der Waals surface area contributed by atoms with Crippen LogP contribution in [0.15, 0.2) is 48.2 Å². The van der Waals surface area contributed by atoms with Gasteiger partial charge < -0.3 is 14.5 Å². The van der Waals surface area contributed by atoms with Crippen molar-refractivity contribution in [2.24, 2.45) is 0 Å². The van der Waals surface area contributed by atoms with Crippen LogP contribution in [-0.4, -0.2) is 62.0 Å². The number of hydrogen-bond donors (Lipinski definition) is 0. The third kappa shape index (κ3) is 3.86. The zero-order valence-corrected chi connectivity index (χ0v) is 18.3. The summed E-state index contributed by atoms with van der Waals surface area (Å²) in [4.78, 5) is 31.8. The largest absolute Gasteiger partial charge is 0.497 e. The van der Waals surface area contributed by atoms with Gasteiger partial charge in [0.05, 0.1) is 18.4 Å². The van der Waals surface area contributed by atoms with Crippen LogP contribution in [0.25, 0.3) is 5.57 Å². The second-order valence-corrected chi connectivity index (χ2v) is 8.14. The zero-order valence-electron chi connectivity index (χ0n) is 18.3. The first-order valence-electron chi connectivity index (χ1n) is 10.5.